The van der Waals surface area contributed by atoms with E-state index in [0.29, 0.717) is 6.04 Å². The van der Waals surface area contributed by atoms with Gasteiger partial charge in [-0.1, -0.05) is 6.92 Å². The number of ether oxygens (including phenoxy) is 1. The van der Waals surface area contributed by atoms with Crippen LogP contribution >= 0.6 is 11.3 Å². The molecule has 1 N–H and O–H groups in total. The largest absolute Gasteiger partial charge is 0.377 e. The van der Waals surface area contributed by atoms with Crippen molar-refractivity contribution in [2.24, 2.45) is 0 Å². The summed E-state index contributed by atoms with van der Waals surface area (Å²) in [6.07, 6.45) is 3.04. The monoisotopic (exact) mass is 241 g/mol. The third-order valence-corrected chi connectivity index (χ3v) is 3.51. The lowest BCUT2D eigenvalue weighted by Crippen LogP contribution is -2.50. The van der Waals surface area contributed by atoms with Crippen LogP contribution < -0.4 is 10.2 Å². The summed E-state index contributed by atoms with van der Waals surface area (Å²) in [4.78, 5) is 6.74. The Morgan fingerprint density at radius 3 is 3.38 bits per heavy atom. The van der Waals surface area contributed by atoms with Gasteiger partial charge in [0.1, 0.15) is 0 Å². The number of nitrogens with one attached hydrogen (secondary N) is 1. The molecule has 90 valence electrons. The Kier molecular flexibility index (Phi) is 4.56. The van der Waals surface area contributed by atoms with Gasteiger partial charge in [-0.3, -0.25) is 0 Å². The second-order valence-corrected chi connectivity index (χ2v) is 4.81. The Labute approximate surface area is 101 Å². The average Bonchev–Trinajstić information content (AvgIpc) is 2.83. The van der Waals surface area contributed by atoms with Gasteiger partial charge < -0.3 is 15.0 Å². The molecule has 1 aromatic heterocycles. The normalized spacial score (nSPS) is 21.3. The van der Waals surface area contributed by atoms with Gasteiger partial charge >= 0.3 is 0 Å². The number of hydrogen-bond acceptors (Lipinski definition) is 5. The van der Waals surface area contributed by atoms with Gasteiger partial charge in [-0.05, 0) is 13.0 Å². The highest BCUT2D eigenvalue weighted by atomic mass is 32.1. The minimum absolute atomic E-state index is 0.423. The molecule has 4 nitrogen and oxygen atoms in total. The molecule has 0 saturated carbocycles. The molecule has 1 fully saturated rings. The Morgan fingerprint density at radius 2 is 2.62 bits per heavy atom. The summed E-state index contributed by atoms with van der Waals surface area (Å²) >= 11 is 1.70. The van der Waals surface area contributed by atoms with Crippen LogP contribution in [0.15, 0.2) is 11.6 Å². The molecule has 1 unspecified atom stereocenters. The van der Waals surface area contributed by atoms with Crippen molar-refractivity contribution in [1.82, 2.24) is 10.3 Å². The summed E-state index contributed by atoms with van der Waals surface area (Å²) in [7, 11) is 0. The van der Waals surface area contributed by atoms with Crippen molar-refractivity contribution < 1.29 is 4.74 Å². The summed E-state index contributed by atoms with van der Waals surface area (Å²) in [5.74, 6) is 0. The Balaban J connectivity index is 1.92. The van der Waals surface area contributed by atoms with E-state index in [1.54, 1.807) is 11.3 Å². The fraction of sp³-hybridized carbons (Fsp3) is 0.727. The molecule has 5 heteroatoms. The molecule has 1 aromatic rings. The third-order valence-electron chi connectivity index (χ3n) is 2.70. The molecule has 2 heterocycles. The van der Waals surface area contributed by atoms with Crippen LogP contribution in [0, 0.1) is 0 Å². The van der Waals surface area contributed by atoms with Crippen LogP contribution in [0.4, 0.5) is 5.13 Å². The Bertz CT molecular complexity index is 291. The highest BCUT2D eigenvalue weighted by Crippen LogP contribution is 2.21. The summed E-state index contributed by atoms with van der Waals surface area (Å²) in [6, 6.07) is 0.423. The van der Waals surface area contributed by atoms with E-state index in [9.17, 15) is 0 Å². The third kappa shape index (κ3) is 2.93. The number of morpholine rings is 1. The van der Waals surface area contributed by atoms with E-state index in [0.717, 1.165) is 38.0 Å². The zero-order valence-corrected chi connectivity index (χ0v) is 10.5. The van der Waals surface area contributed by atoms with Gasteiger partial charge in [-0.15, -0.1) is 11.3 Å². The quantitative estimate of drug-likeness (QED) is 0.790. The maximum absolute atomic E-state index is 5.54. The lowest BCUT2D eigenvalue weighted by Gasteiger charge is -2.35. The maximum Gasteiger partial charge on any atom is 0.185 e. The molecule has 1 atom stereocenters. The molecule has 0 aliphatic carbocycles. The van der Waals surface area contributed by atoms with Gasteiger partial charge in [0, 0.05) is 24.7 Å². The second kappa shape index (κ2) is 6.18. The number of nitrogens with zero attached hydrogens (tertiary/aromatic N) is 2. The fourth-order valence-electron chi connectivity index (χ4n) is 1.88. The van der Waals surface area contributed by atoms with Gasteiger partial charge in [0.05, 0.1) is 19.3 Å². The van der Waals surface area contributed by atoms with E-state index < -0.39 is 0 Å². The first-order chi connectivity index (χ1) is 7.92. The lowest BCUT2D eigenvalue weighted by molar-refractivity contribution is 0.0938. The second-order valence-electron chi connectivity index (χ2n) is 3.94. The highest BCUT2D eigenvalue weighted by molar-refractivity contribution is 7.13. The maximum atomic E-state index is 5.54. The van der Waals surface area contributed by atoms with Crippen molar-refractivity contribution in [3.63, 3.8) is 0 Å². The van der Waals surface area contributed by atoms with Crippen LogP contribution in [0.25, 0.3) is 0 Å². The summed E-state index contributed by atoms with van der Waals surface area (Å²) in [5, 5.41) is 6.60. The van der Waals surface area contributed by atoms with Gasteiger partial charge in [0.25, 0.3) is 0 Å². The van der Waals surface area contributed by atoms with Crippen LogP contribution in [0.1, 0.15) is 13.3 Å². The van der Waals surface area contributed by atoms with E-state index in [4.69, 9.17) is 4.74 Å². The van der Waals surface area contributed by atoms with Crippen LogP contribution in [0.3, 0.4) is 0 Å². The first-order valence-electron chi connectivity index (χ1n) is 5.86. The zero-order valence-electron chi connectivity index (χ0n) is 9.69. The molecule has 0 aromatic carbocycles. The Morgan fingerprint density at radius 1 is 1.69 bits per heavy atom. The topological polar surface area (TPSA) is 37.4 Å². The molecular weight excluding hydrogens is 222 g/mol. The fourth-order valence-corrected chi connectivity index (χ4v) is 2.62. The average molecular weight is 241 g/mol. The minimum Gasteiger partial charge on any atom is -0.377 e. The molecular formula is C11H19N3OS. The van der Waals surface area contributed by atoms with Gasteiger partial charge in [0.2, 0.25) is 0 Å². The van der Waals surface area contributed by atoms with E-state index in [2.05, 4.69) is 22.1 Å². The number of hydrogen-bond donors (Lipinski definition) is 1. The van der Waals surface area contributed by atoms with Crippen LogP contribution in [0.2, 0.25) is 0 Å². The zero-order chi connectivity index (χ0) is 11.2. The van der Waals surface area contributed by atoms with Crippen molar-refractivity contribution in [2.75, 3.05) is 37.7 Å². The van der Waals surface area contributed by atoms with E-state index >= 15 is 0 Å². The molecule has 16 heavy (non-hydrogen) atoms. The van der Waals surface area contributed by atoms with Crippen molar-refractivity contribution in [1.29, 1.82) is 0 Å². The van der Waals surface area contributed by atoms with Gasteiger partial charge in [0.15, 0.2) is 5.13 Å². The van der Waals surface area contributed by atoms with Crippen molar-refractivity contribution in [3.8, 4) is 0 Å². The van der Waals surface area contributed by atoms with E-state index in [1.165, 1.54) is 6.42 Å². The molecule has 1 aliphatic rings. The van der Waals surface area contributed by atoms with Gasteiger partial charge in [-0.25, -0.2) is 4.98 Å². The standard InChI is InChI=1S/C11H19N3OS/c1-2-3-12-8-10-9-15-6-5-14(10)11-13-4-7-16-11/h4,7,10,12H,2-3,5-6,8-9H2,1H3. The molecule has 2 rings (SSSR count). The molecule has 0 radical (unpaired) electrons. The van der Waals surface area contributed by atoms with Crippen molar-refractivity contribution in [3.05, 3.63) is 11.6 Å². The first kappa shape index (κ1) is 11.8. The van der Waals surface area contributed by atoms with Crippen molar-refractivity contribution in [2.45, 2.75) is 19.4 Å². The van der Waals surface area contributed by atoms with Gasteiger partial charge in [-0.2, -0.15) is 0 Å². The summed E-state index contributed by atoms with van der Waals surface area (Å²) in [5.41, 5.74) is 0. The number of anilines is 1. The predicted molar refractivity (Wildman–Crippen MR) is 67.2 cm³/mol. The number of rotatable bonds is 5. The Hall–Kier alpha value is -0.650. The smallest absolute Gasteiger partial charge is 0.185 e. The first-order valence-corrected chi connectivity index (χ1v) is 6.74. The summed E-state index contributed by atoms with van der Waals surface area (Å²) < 4.78 is 5.54. The number of aromatic nitrogens is 1. The van der Waals surface area contributed by atoms with E-state index in [-0.39, 0.29) is 0 Å². The SMILES string of the molecule is CCCNCC1COCCN1c1nccs1. The lowest BCUT2D eigenvalue weighted by atomic mass is 10.2. The summed E-state index contributed by atoms with van der Waals surface area (Å²) in [6.45, 7) is 6.80. The predicted octanol–water partition coefficient (Wildman–Crippen LogP) is 1.35. The highest BCUT2D eigenvalue weighted by Gasteiger charge is 2.24. The molecule has 0 spiro atoms. The minimum atomic E-state index is 0.423. The molecule has 1 saturated heterocycles. The molecule has 0 amide bonds. The number of thiazole rings is 1. The van der Waals surface area contributed by atoms with Crippen LogP contribution in [0.5, 0.6) is 0 Å². The molecule has 0 bridgehead atoms. The van der Waals surface area contributed by atoms with Crippen molar-refractivity contribution >= 4 is 16.5 Å². The van der Waals surface area contributed by atoms with Crippen LogP contribution in [-0.2, 0) is 4.74 Å². The molecule has 1 aliphatic heterocycles. The van der Waals surface area contributed by atoms with E-state index in [1.807, 2.05) is 11.6 Å². The van der Waals surface area contributed by atoms with Crippen LogP contribution in [-0.4, -0.2) is 43.9 Å².